The number of benzene rings is 2. The third kappa shape index (κ3) is 5.87. The molecule has 0 heterocycles. The number of carbonyl (C=O) groups excluding carboxylic acids is 1. The first-order valence-corrected chi connectivity index (χ1v) is 14.3. The minimum absolute atomic E-state index is 0.0506. The van der Waals surface area contributed by atoms with Crippen molar-refractivity contribution >= 4 is 31.8 Å². The predicted octanol–water partition coefficient (Wildman–Crippen LogP) is -1.96. The number of hydrogen-bond donors (Lipinski definition) is 6. The van der Waals surface area contributed by atoms with Crippen LogP contribution in [0, 0.1) is 0 Å². The van der Waals surface area contributed by atoms with E-state index in [2.05, 4.69) is 10.5 Å². The molecule has 38 heavy (non-hydrogen) atoms. The maximum atomic E-state index is 13.2. The lowest BCUT2D eigenvalue weighted by atomic mass is 10.1. The summed E-state index contributed by atoms with van der Waals surface area (Å²) in [5.41, 5.74) is 8.84. The zero-order chi connectivity index (χ0) is 28.1. The van der Waals surface area contributed by atoms with E-state index >= 15 is 0 Å². The minimum Gasteiger partial charge on any atom is -0.395 e. The van der Waals surface area contributed by atoms with E-state index in [1.165, 1.54) is 36.4 Å². The van der Waals surface area contributed by atoms with E-state index in [1.54, 1.807) is 0 Å². The summed E-state index contributed by atoms with van der Waals surface area (Å²) in [4.78, 5) is 11.0. The summed E-state index contributed by atoms with van der Waals surface area (Å²) in [6.45, 7) is -2.85. The van der Waals surface area contributed by atoms with Crippen molar-refractivity contribution in [2.24, 2.45) is 10.8 Å². The normalized spacial score (nSPS) is 13.1. The Morgan fingerprint density at radius 1 is 0.711 bits per heavy atom. The fourth-order valence-electron chi connectivity index (χ4n) is 4.05. The Hall–Kier alpha value is -2.96. The van der Waals surface area contributed by atoms with E-state index in [1.807, 2.05) is 0 Å². The van der Waals surface area contributed by atoms with Crippen LogP contribution >= 0.6 is 0 Å². The molecule has 2 amide bonds. The monoisotopic (exact) mass is 571 g/mol. The molecule has 0 spiro atoms. The van der Waals surface area contributed by atoms with Crippen LogP contribution in [0.4, 0.5) is 4.79 Å². The van der Waals surface area contributed by atoms with Crippen molar-refractivity contribution in [2.75, 3.05) is 52.6 Å². The summed E-state index contributed by atoms with van der Waals surface area (Å²) < 4.78 is 54.6. The summed E-state index contributed by atoms with van der Waals surface area (Å²) in [5, 5.41) is 41.1. The van der Waals surface area contributed by atoms with Crippen LogP contribution in [0.2, 0.25) is 0 Å². The number of hydrogen-bond acceptors (Lipinski definition) is 10. The van der Waals surface area contributed by atoms with Gasteiger partial charge in [-0.2, -0.15) is 13.7 Å². The van der Waals surface area contributed by atoms with Gasteiger partial charge in [-0.25, -0.2) is 27.1 Å². The van der Waals surface area contributed by atoms with Crippen molar-refractivity contribution in [3.63, 3.8) is 0 Å². The van der Waals surface area contributed by atoms with E-state index in [0.29, 0.717) is 11.1 Å². The number of aliphatic hydroxyl groups excluding tert-OH is 4. The van der Waals surface area contributed by atoms with Gasteiger partial charge in [0, 0.05) is 37.3 Å². The average molecular weight is 572 g/mol. The number of carbonyl (C=O) groups is 1. The number of fused-ring (bicyclic) bond motifs is 3. The largest absolute Gasteiger partial charge is 0.395 e. The van der Waals surface area contributed by atoms with Gasteiger partial charge in [0.05, 0.1) is 41.9 Å². The van der Waals surface area contributed by atoms with Gasteiger partial charge in [-0.15, -0.1) is 0 Å². The molecule has 0 unspecified atom stereocenters. The van der Waals surface area contributed by atoms with Gasteiger partial charge in [-0.1, -0.05) is 12.1 Å². The molecular formula is C22H29N5O9S2. The lowest BCUT2D eigenvalue weighted by Crippen LogP contribution is -2.36. The number of nitrogens with zero attached hydrogens (tertiary/aromatic N) is 3. The molecular weight excluding hydrogens is 542 g/mol. The Morgan fingerprint density at radius 3 is 1.39 bits per heavy atom. The molecule has 14 nitrogen and oxygen atoms in total. The highest BCUT2D eigenvalue weighted by Gasteiger charge is 2.32. The number of urea groups is 1. The molecule has 2 aromatic carbocycles. The van der Waals surface area contributed by atoms with Crippen LogP contribution in [0.1, 0.15) is 11.1 Å². The second-order valence-corrected chi connectivity index (χ2v) is 11.9. The van der Waals surface area contributed by atoms with Gasteiger partial charge in [0.25, 0.3) is 0 Å². The maximum absolute atomic E-state index is 13.2. The molecule has 0 aromatic heterocycles. The van der Waals surface area contributed by atoms with E-state index in [0.717, 1.165) is 8.61 Å². The highest BCUT2D eigenvalue weighted by molar-refractivity contribution is 7.89. The smallest absolute Gasteiger partial charge is 0.332 e. The van der Waals surface area contributed by atoms with Crippen molar-refractivity contribution in [3.05, 3.63) is 47.5 Å². The van der Waals surface area contributed by atoms with Crippen molar-refractivity contribution in [3.8, 4) is 11.1 Å². The second kappa shape index (κ2) is 12.3. The molecule has 2 aromatic rings. The number of hydrazone groups is 1. The molecule has 7 N–H and O–H groups in total. The molecule has 0 atom stereocenters. The van der Waals surface area contributed by atoms with Crippen LogP contribution in [0.3, 0.4) is 0 Å². The summed E-state index contributed by atoms with van der Waals surface area (Å²) in [6, 6.07) is 7.26. The number of nitrogens with one attached hydrogen (secondary N) is 1. The quantitative estimate of drug-likeness (QED) is 0.125. The molecule has 0 saturated carbocycles. The van der Waals surface area contributed by atoms with Crippen molar-refractivity contribution in [1.82, 2.24) is 14.0 Å². The third-order valence-electron chi connectivity index (χ3n) is 5.73. The number of nitrogens with two attached hydrogens (primary N) is 1. The summed E-state index contributed by atoms with van der Waals surface area (Å²) in [6.07, 6.45) is 0. The molecule has 3 rings (SSSR count). The van der Waals surface area contributed by atoms with Crippen molar-refractivity contribution < 1.29 is 42.1 Å². The average Bonchev–Trinajstić information content (AvgIpc) is 3.19. The first-order chi connectivity index (χ1) is 18.0. The van der Waals surface area contributed by atoms with Crippen LogP contribution in [-0.2, 0) is 20.0 Å². The van der Waals surface area contributed by atoms with Gasteiger partial charge in [-0.05, 0) is 35.4 Å². The Labute approximate surface area is 219 Å². The van der Waals surface area contributed by atoms with E-state index in [9.17, 15) is 42.1 Å². The minimum atomic E-state index is -4.15. The number of aliphatic hydroxyl groups is 4. The van der Waals surface area contributed by atoms with Crippen LogP contribution in [0.25, 0.3) is 11.1 Å². The number of sulfonamides is 2. The summed E-state index contributed by atoms with van der Waals surface area (Å²) in [7, 11) is -8.30. The molecule has 0 saturated heterocycles. The summed E-state index contributed by atoms with van der Waals surface area (Å²) >= 11 is 0. The molecule has 0 aliphatic heterocycles. The highest BCUT2D eigenvalue weighted by Crippen LogP contribution is 2.39. The van der Waals surface area contributed by atoms with Crippen molar-refractivity contribution in [1.29, 1.82) is 0 Å². The standard InChI is InChI=1S/C22H29N5O9S2/c23-22(32)25-24-21-19-13-15(37(33,34)26(5-9-28)6-10-29)1-3-17(19)18-4-2-16(14-20(18)21)38(35,36)27(7-11-30)8-12-31/h1-4,13-14,28-31H,5-12H2,(H3,23,25,32). The Balaban J connectivity index is 2.16. The first kappa shape index (κ1) is 29.6. The Bertz CT molecular complexity index is 1320. The maximum Gasteiger partial charge on any atom is 0.332 e. The predicted molar refractivity (Wildman–Crippen MR) is 136 cm³/mol. The Morgan fingerprint density at radius 2 is 1.08 bits per heavy atom. The molecule has 0 radical (unpaired) electrons. The first-order valence-electron chi connectivity index (χ1n) is 11.4. The lowest BCUT2D eigenvalue weighted by molar-refractivity contribution is 0.217. The van der Waals surface area contributed by atoms with Gasteiger partial charge in [0.1, 0.15) is 0 Å². The lowest BCUT2D eigenvalue weighted by Gasteiger charge is -2.20. The molecule has 1 aliphatic carbocycles. The third-order valence-corrected chi connectivity index (χ3v) is 9.52. The van der Waals surface area contributed by atoms with E-state index in [-0.39, 0.29) is 52.8 Å². The van der Waals surface area contributed by atoms with Gasteiger partial charge in [-0.3, -0.25) is 0 Å². The fourth-order valence-corrected chi connectivity index (χ4v) is 6.95. The van der Waals surface area contributed by atoms with Crippen LogP contribution in [0.15, 0.2) is 51.3 Å². The van der Waals surface area contributed by atoms with Crippen molar-refractivity contribution in [2.45, 2.75) is 9.79 Å². The Kier molecular flexibility index (Phi) is 9.55. The zero-order valence-electron chi connectivity index (χ0n) is 20.2. The van der Waals surface area contributed by atoms with Crippen LogP contribution < -0.4 is 11.2 Å². The number of primary amides is 1. The topological polar surface area (TPSA) is 223 Å². The second-order valence-electron chi connectivity index (χ2n) is 8.05. The SMILES string of the molecule is NC(=O)NN=C1c2cc(S(=O)(=O)N(CCO)CCO)ccc2-c2ccc(S(=O)(=O)N(CCO)CCO)cc21. The van der Waals surface area contributed by atoms with Crippen LogP contribution in [-0.4, -0.2) is 110 Å². The van der Waals surface area contributed by atoms with Gasteiger partial charge >= 0.3 is 6.03 Å². The van der Waals surface area contributed by atoms with Gasteiger partial charge < -0.3 is 26.2 Å². The molecule has 16 heteroatoms. The molecule has 0 bridgehead atoms. The molecule has 208 valence electrons. The van der Waals surface area contributed by atoms with Gasteiger partial charge in [0.15, 0.2) is 0 Å². The molecule has 0 fully saturated rings. The number of amides is 2. The number of rotatable bonds is 13. The highest BCUT2D eigenvalue weighted by atomic mass is 32.2. The zero-order valence-corrected chi connectivity index (χ0v) is 21.8. The summed E-state index contributed by atoms with van der Waals surface area (Å²) in [5.74, 6) is 0. The molecule has 1 aliphatic rings. The fraction of sp³-hybridized carbons (Fsp3) is 0.364. The van der Waals surface area contributed by atoms with E-state index in [4.69, 9.17) is 5.73 Å². The van der Waals surface area contributed by atoms with Gasteiger partial charge in [0.2, 0.25) is 20.0 Å². The van der Waals surface area contributed by atoms with Crippen LogP contribution in [0.5, 0.6) is 0 Å². The van der Waals surface area contributed by atoms with E-state index < -0.39 is 52.5 Å².